The van der Waals surface area contributed by atoms with Gasteiger partial charge in [0.05, 0.1) is 15.5 Å². The van der Waals surface area contributed by atoms with Crippen molar-refractivity contribution >= 4 is 17.3 Å². The van der Waals surface area contributed by atoms with Crippen LogP contribution in [0.2, 0.25) is 5.02 Å². The van der Waals surface area contributed by atoms with Gasteiger partial charge in [0, 0.05) is 18.7 Å². The summed E-state index contributed by atoms with van der Waals surface area (Å²) < 4.78 is 0. The molecule has 1 N–H and O–H groups in total. The average Bonchev–Trinajstić information content (AvgIpc) is 2.38. The zero-order valence-electron chi connectivity index (χ0n) is 11.6. The predicted molar refractivity (Wildman–Crippen MR) is 78.5 cm³/mol. The third-order valence-electron chi connectivity index (χ3n) is 3.65. The van der Waals surface area contributed by atoms with Crippen molar-refractivity contribution in [2.45, 2.75) is 46.2 Å². The van der Waals surface area contributed by atoms with Gasteiger partial charge in [0.15, 0.2) is 0 Å². The van der Waals surface area contributed by atoms with Crippen LogP contribution in [0.15, 0.2) is 18.2 Å². The van der Waals surface area contributed by atoms with Crippen LogP contribution in [-0.2, 0) is 6.54 Å². The summed E-state index contributed by atoms with van der Waals surface area (Å²) in [6.07, 6.45) is 2.19. The van der Waals surface area contributed by atoms with E-state index in [0.29, 0.717) is 29.1 Å². The van der Waals surface area contributed by atoms with Crippen LogP contribution in [0.5, 0.6) is 0 Å². The van der Waals surface area contributed by atoms with Crippen LogP contribution in [0, 0.1) is 16.0 Å². The highest BCUT2D eigenvalue weighted by Gasteiger charge is 2.18. The first-order valence-corrected chi connectivity index (χ1v) is 7.04. The summed E-state index contributed by atoms with van der Waals surface area (Å²) in [5.41, 5.74) is 0.642. The molecule has 0 aliphatic heterocycles. The Balaban J connectivity index is 2.80. The number of rotatable bonds is 7. The Bertz CT molecular complexity index is 433. The number of nitrogens with zero attached hydrogens (tertiary/aromatic N) is 1. The number of halogens is 1. The fourth-order valence-electron chi connectivity index (χ4n) is 2.32. The molecule has 0 spiro atoms. The van der Waals surface area contributed by atoms with E-state index >= 15 is 0 Å². The summed E-state index contributed by atoms with van der Waals surface area (Å²) in [4.78, 5) is 10.6. The van der Waals surface area contributed by atoms with Gasteiger partial charge in [0.25, 0.3) is 5.69 Å². The second-order valence-electron chi connectivity index (χ2n) is 4.74. The van der Waals surface area contributed by atoms with E-state index in [1.807, 2.05) is 0 Å². The van der Waals surface area contributed by atoms with Crippen LogP contribution in [0.3, 0.4) is 0 Å². The van der Waals surface area contributed by atoms with Crippen molar-refractivity contribution in [1.29, 1.82) is 0 Å². The van der Waals surface area contributed by atoms with Crippen molar-refractivity contribution in [3.63, 3.8) is 0 Å². The highest BCUT2D eigenvalue weighted by molar-refractivity contribution is 6.31. The lowest BCUT2D eigenvalue weighted by Gasteiger charge is -2.22. The first kappa shape index (κ1) is 15.9. The number of nitro groups is 1. The summed E-state index contributed by atoms with van der Waals surface area (Å²) in [5.74, 6) is 0.571. The van der Waals surface area contributed by atoms with E-state index in [4.69, 9.17) is 11.6 Å². The lowest BCUT2D eigenvalue weighted by Crippen LogP contribution is -2.32. The SMILES string of the molecule is CCC(CC)C(C)NCc1c(Cl)cccc1[N+](=O)[O-]. The van der Waals surface area contributed by atoms with Gasteiger partial charge in [0.1, 0.15) is 0 Å². The van der Waals surface area contributed by atoms with Crippen LogP contribution in [0.25, 0.3) is 0 Å². The van der Waals surface area contributed by atoms with Crippen LogP contribution < -0.4 is 5.32 Å². The van der Waals surface area contributed by atoms with E-state index in [1.54, 1.807) is 12.1 Å². The lowest BCUT2D eigenvalue weighted by molar-refractivity contribution is -0.385. The fourth-order valence-corrected chi connectivity index (χ4v) is 2.56. The van der Waals surface area contributed by atoms with Gasteiger partial charge in [-0.25, -0.2) is 0 Å². The van der Waals surface area contributed by atoms with Crippen molar-refractivity contribution in [2.24, 2.45) is 5.92 Å². The molecular formula is C14H21ClN2O2. The minimum Gasteiger partial charge on any atom is -0.310 e. The molecule has 0 aromatic heterocycles. The van der Waals surface area contributed by atoms with Gasteiger partial charge in [-0.15, -0.1) is 0 Å². The topological polar surface area (TPSA) is 55.2 Å². The summed E-state index contributed by atoms with van der Waals surface area (Å²) in [6, 6.07) is 5.10. The van der Waals surface area contributed by atoms with Crippen molar-refractivity contribution < 1.29 is 4.92 Å². The number of hydrogen-bond donors (Lipinski definition) is 1. The Morgan fingerprint density at radius 2 is 2.00 bits per heavy atom. The van der Waals surface area contributed by atoms with Gasteiger partial charge in [0.2, 0.25) is 0 Å². The molecule has 0 saturated heterocycles. The molecule has 0 saturated carbocycles. The van der Waals surface area contributed by atoms with Gasteiger partial charge in [-0.1, -0.05) is 44.4 Å². The molecule has 1 aromatic carbocycles. The number of hydrogen-bond acceptors (Lipinski definition) is 3. The highest BCUT2D eigenvalue weighted by Crippen LogP contribution is 2.26. The van der Waals surface area contributed by atoms with E-state index in [0.717, 1.165) is 12.8 Å². The summed E-state index contributed by atoms with van der Waals surface area (Å²) in [7, 11) is 0. The molecule has 0 fully saturated rings. The van der Waals surface area contributed by atoms with Crippen LogP contribution in [-0.4, -0.2) is 11.0 Å². The molecule has 0 radical (unpaired) electrons. The Kier molecular flexibility index (Phi) is 6.25. The standard InChI is InChI=1S/C14H21ClN2O2/c1-4-11(5-2)10(3)16-9-12-13(15)7-6-8-14(12)17(18)19/h6-8,10-11,16H,4-5,9H2,1-3H3. The Morgan fingerprint density at radius 3 is 2.53 bits per heavy atom. The van der Waals surface area contributed by atoms with Crippen LogP contribution in [0.4, 0.5) is 5.69 Å². The lowest BCUT2D eigenvalue weighted by atomic mass is 9.95. The first-order valence-electron chi connectivity index (χ1n) is 6.66. The second kappa shape index (κ2) is 7.46. The van der Waals surface area contributed by atoms with Crippen molar-refractivity contribution in [3.05, 3.63) is 38.9 Å². The fraction of sp³-hybridized carbons (Fsp3) is 0.571. The van der Waals surface area contributed by atoms with Crippen molar-refractivity contribution in [2.75, 3.05) is 0 Å². The van der Waals surface area contributed by atoms with E-state index in [1.165, 1.54) is 6.07 Å². The maximum atomic E-state index is 11.0. The highest BCUT2D eigenvalue weighted by atomic mass is 35.5. The minimum absolute atomic E-state index is 0.0803. The second-order valence-corrected chi connectivity index (χ2v) is 5.15. The largest absolute Gasteiger partial charge is 0.310 e. The maximum absolute atomic E-state index is 11.0. The van der Waals surface area contributed by atoms with Gasteiger partial charge in [-0.3, -0.25) is 10.1 Å². The van der Waals surface area contributed by atoms with Gasteiger partial charge in [-0.2, -0.15) is 0 Å². The first-order chi connectivity index (χ1) is 9.01. The molecule has 0 amide bonds. The molecule has 1 unspecified atom stereocenters. The van der Waals surface area contributed by atoms with Gasteiger partial charge >= 0.3 is 0 Å². The molecule has 0 bridgehead atoms. The molecular weight excluding hydrogens is 264 g/mol. The molecule has 1 aromatic rings. The van der Waals surface area contributed by atoms with Gasteiger partial charge < -0.3 is 5.32 Å². The number of benzene rings is 1. The molecule has 0 aliphatic carbocycles. The van der Waals surface area contributed by atoms with Crippen molar-refractivity contribution in [3.8, 4) is 0 Å². The quantitative estimate of drug-likeness (QED) is 0.604. The third kappa shape index (κ3) is 4.18. The molecule has 106 valence electrons. The molecule has 4 nitrogen and oxygen atoms in total. The molecule has 19 heavy (non-hydrogen) atoms. The molecule has 0 aliphatic rings. The Labute approximate surface area is 119 Å². The normalized spacial score (nSPS) is 12.7. The van der Waals surface area contributed by atoms with Crippen LogP contribution in [0.1, 0.15) is 39.2 Å². The van der Waals surface area contributed by atoms with Gasteiger partial charge in [-0.05, 0) is 18.9 Å². The third-order valence-corrected chi connectivity index (χ3v) is 4.00. The maximum Gasteiger partial charge on any atom is 0.275 e. The summed E-state index contributed by atoms with van der Waals surface area (Å²) in [5, 5.41) is 14.8. The van der Waals surface area contributed by atoms with E-state index in [9.17, 15) is 10.1 Å². The monoisotopic (exact) mass is 284 g/mol. The number of nitro benzene ring substituents is 1. The smallest absolute Gasteiger partial charge is 0.275 e. The zero-order valence-corrected chi connectivity index (χ0v) is 12.4. The number of nitrogens with one attached hydrogen (secondary N) is 1. The van der Waals surface area contributed by atoms with E-state index < -0.39 is 0 Å². The van der Waals surface area contributed by atoms with Crippen molar-refractivity contribution in [1.82, 2.24) is 5.32 Å². The van der Waals surface area contributed by atoms with Crippen LogP contribution >= 0.6 is 11.6 Å². The molecule has 0 heterocycles. The molecule has 5 heteroatoms. The Morgan fingerprint density at radius 1 is 1.37 bits per heavy atom. The van der Waals surface area contributed by atoms with E-state index in [-0.39, 0.29) is 10.6 Å². The molecule has 1 atom stereocenters. The summed E-state index contributed by atoms with van der Waals surface area (Å²) >= 11 is 6.06. The van der Waals surface area contributed by atoms with E-state index in [2.05, 4.69) is 26.1 Å². The molecule has 1 rings (SSSR count). The summed E-state index contributed by atoms with van der Waals surface area (Å²) in [6.45, 7) is 6.85. The Hall–Kier alpha value is -1.13. The predicted octanol–water partition coefficient (Wildman–Crippen LogP) is 4.16. The average molecular weight is 285 g/mol. The zero-order chi connectivity index (χ0) is 14.4. The minimum atomic E-state index is -0.384.